The molecule has 0 aliphatic heterocycles. The lowest BCUT2D eigenvalue weighted by molar-refractivity contribution is 0.0895. The Labute approximate surface area is 145 Å². The molecule has 0 saturated heterocycles. The number of amides is 1. The molecule has 0 bridgehead atoms. The zero-order valence-electron chi connectivity index (χ0n) is 13.9. The maximum absolute atomic E-state index is 12.6. The van der Waals surface area contributed by atoms with Crippen LogP contribution in [0.25, 0.3) is 10.6 Å². The number of aliphatic hydroxyl groups is 1. The highest BCUT2D eigenvalue weighted by Gasteiger charge is 2.25. The molecule has 1 saturated carbocycles. The van der Waals surface area contributed by atoms with Gasteiger partial charge in [0.15, 0.2) is 0 Å². The van der Waals surface area contributed by atoms with Gasteiger partial charge in [-0.15, -0.1) is 11.3 Å². The second kappa shape index (κ2) is 7.90. The molecule has 6 nitrogen and oxygen atoms in total. The van der Waals surface area contributed by atoms with Crippen molar-refractivity contribution in [2.24, 2.45) is 13.0 Å². The number of aryl methyl sites for hydroxylation is 1. The second-order valence-corrected chi connectivity index (χ2v) is 7.29. The van der Waals surface area contributed by atoms with E-state index in [1.807, 2.05) is 13.2 Å². The minimum absolute atomic E-state index is 0.0336. The Bertz CT molecular complexity index is 676. The van der Waals surface area contributed by atoms with Crippen molar-refractivity contribution in [3.05, 3.63) is 23.5 Å². The van der Waals surface area contributed by atoms with Crippen LogP contribution in [0, 0.1) is 5.92 Å². The summed E-state index contributed by atoms with van der Waals surface area (Å²) < 4.78 is 1.72. The Morgan fingerprint density at radius 2 is 2.25 bits per heavy atom. The normalized spacial score (nSPS) is 16.9. The van der Waals surface area contributed by atoms with E-state index >= 15 is 0 Å². The fourth-order valence-electron chi connectivity index (χ4n) is 3.39. The fraction of sp³-hybridized carbons (Fsp3) is 0.588. The Morgan fingerprint density at radius 1 is 1.46 bits per heavy atom. The van der Waals surface area contributed by atoms with Crippen LogP contribution >= 0.6 is 11.3 Å². The van der Waals surface area contributed by atoms with E-state index in [1.165, 1.54) is 30.6 Å². The zero-order chi connectivity index (χ0) is 16.9. The molecule has 1 aliphatic carbocycles. The molecule has 1 unspecified atom stereocenters. The van der Waals surface area contributed by atoms with Gasteiger partial charge in [-0.2, -0.15) is 5.10 Å². The van der Waals surface area contributed by atoms with Crippen LogP contribution in [0.1, 0.15) is 49.0 Å². The van der Waals surface area contributed by atoms with Gasteiger partial charge in [0.2, 0.25) is 0 Å². The van der Waals surface area contributed by atoms with Crippen LogP contribution in [0.2, 0.25) is 0 Å². The van der Waals surface area contributed by atoms with Crippen LogP contribution in [0.4, 0.5) is 0 Å². The van der Waals surface area contributed by atoms with Crippen molar-refractivity contribution in [3.8, 4) is 10.6 Å². The molecule has 2 N–H and O–H groups in total. The highest BCUT2D eigenvalue weighted by molar-refractivity contribution is 7.13. The van der Waals surface area contributed by atoms with Crippen molar-refractivity contribution in [1.29, 1.82) is 0 Å². The van der Waals surface area contributed by atoms with Crippen molar-refractivity contribution in [2.45, 2.75) is 44.6 Å². The molecule has 0 spiro atoms. The Morgan fingerprint density at radius 3 is 2.92 bits per heavy atom. The lowest BCUT2D eigenvalue weighted by Crippen LogP contribution is -2.41. The van der Waals surface area contributed by atoms with Crippen molar-refractivity contribution in [2.75, 3.05) is 6.61 Å². The first-order chi connectivity index (χ1) is 11.7. The number of thiazole rings is 1. The number of hydrogen-bond donors (Lipinski definition) is 2. The summed E-state index contributed by atoms with van der Waals surface area (Å²) in [5.74, 6) is 0.316. The van der Waals surface area contributed by atoms with Gasteiger partial charge in [0.25, 0.3) is 5.91 Å². The molecule has 24 heavy (non-hydrogen) atoms. The molecule has 1 fully saturated rings. The zero-order valence-corrected chi connectivity index (χ0v) is 14.8. The first kappa shape index (κ1) is 17.1. The molecular formula is C17H24N4O2S. The highest BCUT2D eigenvalue weighted by Crippen LogP contribution is 2.28. The average molecular weight is 348 g/mol. The molecule has 1 atom stereocenters. The van der Waals surface area contributed by atoms with Gasteiger partial charge in [0.1, 0.15) is 10.7 Å². The molecule has 3 rings (SSSR count). The van der Waals surface area contributed by atoms with Gasteiger partial charge in [-0.05, 0) is 25.2 Å². The molecule has 2 aromatic heterocycles. The van der Waals surface area contributed by atoms with Gasteiger partial charge in [-0.1, -0.05) is 19.3 Å². The predicted molar refractivity (Wildman–Crippen MR) is 93.8 cm³/mol. The standard InChI is InChI=1S/C17H24N4O2S/c1-21-10-13(9-18-21)17-20-15(11-24-17)16(23)19-14(7-8-22)12-5-3-2-4-6-12/h9-12,14,22H,2-8H2,1H3,(H,19,23). The minimum Gasteiger partial charge on any atom is -0.396 e. The third-order valence-electron chi connectivity index (χ3n) is 4.66. The smallest absolute Gasteiger partial charge is 0.271 e. The van der Waals surface area contributed by atoms with E-state index in [2.05, 4.69) is 15.4 Å². The topological polar surface area (TPSA) is 80.0 Å². The van der Waals surface area contributed by atoms with E-state index in [0.29, 0.717) is 18.0 Å². The van der Waals surface area contributed by atoms with Crippen LogP contribution in [-0.2, 0) is 7.05 Å². The Balaban J connectivity index is 1.67. The lowest BCUT2D eigenvalue weighted by atomic mass is 9.82. The largest absolute Gasteiger partial charge is 0.396 e. The third kappa shape index (κ3) is 4.02. The van der Waals surface area contributed by atoms with Crippen LogP contribution in [0.5, 0.6) is 0 Å². The van der Waals surface area contributed by atoms with E-state index in [1.54, 1.807) is 16.3 Å². The van der Waals surface area contributed by atoms with Gasteiger partial charge >= 0.3 is 0 Å². The molecule has 1 aliphatic rings. The van der Waals surface area contributed by atoms with Crippen molar-refractivity contribution in [3.63, 3.8) is 0 Å². The fourth-order valence-corrected chi connectivity index (χ4v) is 4.16. The van der Waals surface area contributed by atoms with E-state index in [9.17, 15) is 9.90 Å². The van der Waals surface area contributed by atoms with E-state index in [-0.39, 0.29) is 18.6 Å². The summed E-state index contributed by atoms with van der Waals surface area (Å²) in [4.78, 5) is 17.0. The summed E-state index contributed by atoms with van der Waals surface area (Å²) in [6.07, 6.45) is 10.2. The monoisotopic (exact) mass is 348 g/mol. The molecule has 0 aromatic carbocycles. The van der Waals surface area contributed by atoms with Crippen molar-refractivity contribution < 1.29 is 9.90 Å². The number of aliphatic hydroxyl groups excluding tert-OH is 1. The number of aromatic nitrogens is 3. The molecular weight excluding hydrogens is 324 g/mol. The lowest BCUT2D eigenvalue weighted by Gasteiger charge is -2.30. The quantitative estimate of drug-likeness (QED) is 0.841. The number of carbonyl (C=O) groups excluding carboxylic acids is 1. The summed E-state index contributed by atoms with van der Waals surface area (Å²) in [6, 6.07) is 0.0336. The number of nitrogens with zero attached hydrogens (tertiary/aromatic N) is 3. The summed E-state index contributed by atoms with van der Waals surface area (Å²) in [5.41, 5.74) is 1.36. The average Bonchev–Trinajstić information content (AvgIpc) is 3.24. The number of carbonyl (C=O) groups is 1. The Hall–Kier alpha value is -1.73. The third-order valence-corrected chi connectivity index (χ3v) is 5.56. The van der Waals surface area contributed by atoms with Gasteiger partial charge in [0, 0.05) is 36.8 Å². The summed E-state index contributed by atoms with van der Waals surface area (Å²) in [5, 5.41) is 19.1. The summed E-state index contributed by atoms with van der Waals surface area (Å²) in [6.45, 7) is 0.0967. The molecule has 7 heteroatoms. The molecule has 1 amide bonds. The number of nitrogens with one attached hydrogen (secondary N) is 1. The van der Waals surface area contributed by atoms with Gasteiger partial charge in [-0.25, -0.2) is 4.98 Å². The minimum atomic E-state index is -0.148. The van der Waals surface area contributed by atoms with Gasteiger partial charge in [-0.3, -0.25) is 9.48 Å². The van der Waals surface area contributed by atoms with Gasteiger partial charge in [0.05, 0.1) is 6.20 Å². The maximum atomic E-state index is 12.6. The maximum Gasteiger partial charge on any atom is 0.271 e. The van der Waals surface area contributed by atoms with Crippen molar-refractivity contribution in [1.82, 2.24) is 20.1 Å². The SMILES string of the molecule is Cn1cc(-c2nc(C(=O)NC(CCO)C3CCCCC3)cs2)cn1. The summed E-state index contributed by atoms with van der Waals surface area (Å²) in [7, 11) is 1.86. The number of rotatable bonds is 6. The predicted octanol–water partition coefficient (Wildman–Crippen LogP) is 2.60. The van der Waals surface area contributed by atoms with E-state index < -0.39 is 0 Å². The van der Waals surface area contributed by atoms with Crippen LogP contribution in [0.3, 0.4) is 0 Å². The van der Waals surface area contributed by atoms with E-state index in [4.69, 9.17) is 0 Å². The van der Waals surface area contributed by atoms with Gasteiger partial charge < -0.3 is 10.4 Å². The summed E-state index contributed by atoms with van der Waals surface area (Å²) >= 11 is 1.45. The van der Waals surface area contributed by atoms with Crippen LogP contribution in [0.15, 0.2) is 17.8 Å². The molecule has 2 heterocycles. The van der Waals surface area contributed by atoms with Crippen LogP contribution in [-0.4, -0.2) is 38.4 Å². The molecule has 130 valence electrons. The van der Waals surface area contributed by atoms with Crippen molar-refractivity contribution >= 4 is 17.2 Å². The van der Waals surface area contributed by atoms with E-state index in [0.717, 1.165) is 23.4 Å². The number of hydrogen-bond acceptors (Lipinski definition) is 5. The Kier molecular flexibility index (Phi) is 5.63. The first-order valence-corrected chi connectivity index (χ1v) is 9.41. The first-order valence-electron chi connectivity index (χ1n) is 8.53. The molecule has 0 radical (unpaired) electrons. The second-order valence-electron chi connectivity index (χ2n) is 6.43. The van der Waals surface area contributed by atoms with Crippen LogP contribution < -0.4 is 5.32 Å². The highest BCUT2D eigenvalue weighted by atomic mass is 32.1. The molecule has 2 aromatic rings.